The van der Waals surface area contributed by atoms with E-state index in [1.54, 1.807) is 12.4 Å². The summed E-state index contributed by atoms with van der Waals surface area (Å²) in [6.45, 7) is 3.20. The highest BCUT2D eigenvalue weighted by molar-refractivity contribution is 5.83. The molecule has 7 nitrogen and oxygen atoms in total. The minimum Gasteiger partial charge on any atom is -0.350 e. The second-order valence-corrected chi connectivity index (χ2v) is 7.46. The maximum Gasteiger partial charge on any atom is 0.258 e. The molecule has 4 aromatic rings. The molecule has 0 saturated heterocycles. The number of carbonyl (C=O) groups excluding carboxylic acids is 1. The Hall–Kier alpha value is -3.84. The van der Waals surface area contributed by atoms with Crippen LogP contribution in [0.3, 0.4) is 0 Å². The monoisotopic (exact) mass is 427 g/mol. The average Bonchev–Trinajstić information content (AvgIpc) is 3.35. The lowest BCUT2D eigenvalue weighted by Crippen LogP contribution is -2.38. The highest BCUT2D eigenvalue weighted by Crippen LogP contribution is 2.23. The van der Waals surface area contributed by atoms with Crippen LogP contribution in [0.5, 0.6) is 0 Å². The van der Waals surface area contributed by atoms with Gasteiger partial charge < -0.3 is 9.84 Å². The van der Waals surface area contributed by atoms with Crippen molar-refractivity contribution in [2.24, 2.45) is 0 Å². The maximum atomic E-state index is 13.0. The summed E-state index contributed by atoms with van der Waals surface area (Å²) in [5, 5.41) is 7.13. The Labute approximate surface area is 187 Å². The van der Waals surface area contributed by atoms with E-state index in [4.69, 9.17) is 4.52 Å². The zero-order valence-corrected chi connectivity index (χ0v) is 18.1. The van der Waals surface area contributed by atoms with Crippen molar-refractivity contribution in [2.45, 2.75) is 19.5 Å². The average molecular weight is 428 g/mol. The third kappa shape index (κ3) is 4.90. The summed E-state index contributed by atoms with van der Waals surface area (Å²) in [5.41, 5.74) is 3.56. The summed E-state index contributed by atoms with van der Waals surface area (Å²) in [6, 6.07) is 20.9. The summed E-state index contributed by atoms with van der Waals surface area (Å²) >= 11 is 0. The number of nitrogens with zero attached hydrogens (tertiary/aromatic N) is 4. The number of benzene rings is 2. The van der Waals surface area contributed by atoms with Gasteiger partial charge in [0.25, 0.3) is 5.89 Å². The van der Waals surface area contributed by atoms with Crippen LogP contribution in [0.15, 0.2) is 83.6 Å². The number of amides is 1. The van der Waals surface area contributed by atoms with Crippen LogP contribution in [0.25, 0.3) is 22.8 Å². The minimum atomic E-state index is -0.344. The van der Waals surface area contributed by atoms with Gasteiger partial charge in [-0.3, -0.25) is 14.7 Å². The Morgan fingerprint density at radius 3 is 2.56 bits per heavy atom. The molecule has 1 N–H and O–H groups in total. The fourth-order valence-corrected chi connectivity index (χ4v) is 3.48. The van der Waals surface area contributed by atoms with Crippen molar-refractivity contribution >= 4 is 5.91 Å². The molecule has 0 bridgehead atoms. The minimum absolute atomic E-state index is 0.0382. The smallest absolute Gasteiger partial charge is 0.258 e. The Morgan fingerprint density at radius 1 is 1.03 bits per heavy atom. The summed E-state index contributed by atoms with van der Waals surface area (Å²) in [4.78, 5) is 23.6. The Bertz CT molecular complexity index is 1160. The molecule has 2 aromatic heterocycles. The predicted octanol–water partition coefficient (Wildman–Crippen LogP) is 4.11. The van der Waals surface area contributed by atoms with Gasteiger partial charge in [0.1, 0.15) is 6.04 Å². The fourth-order valence-electron chi connectivity index (χ4n) is 3.48. The first-order valence-corrected chi connectivity index (χ1v) is 10.5. The quantitative estimate of drug-likeness (QED) is 0.456. The molecular formula is C25H25N5O2. The zero-order valence-electron chi connectivity index (χ0n) is 18.1. The first kappa shape index (κ1) is 21.4. The van der Waals surface area contributed by atoms with Gasteiger partial charge in [0.2, 0.25) is 11.7 Å². The van der Waals surface area contributed by atoms with Crippen LogP contribution in [0.1, 0.15) is 24.1 Å². The normalized spacial score (nSPS) is 12.0. The topological polar surface area (TPSA) is 84.2 Å². The molecule has 0 fully saturated rings. The molecule has 7 heteroatoms. The molecule has 2 aromatic carbocycles. The molecule has 0 aliphatic heterocycles. The molecule has 0 aliphatic carbocycles. The van der Waals surface area contributed by atoms with Gasteiger partial charge in [-0.2, -0.15) is 4.98 Å². The molecule has 1 unspecified atom stereocenters. The van der Waals surface area contributed by atoms with Gasteiger partial charge in [0, 0.05) is 30.1 Å². The molecule has 32 heavy (non-hydrogen) atoms. The molecule has 1 atom stereocenters. The van der Waals surface area contributed by atoms with E-state index in [1.165, 1.54) is 0 Å². The molecule has 0 aliphatic rings. The number of nitrogens with one attached hydrogen (secondary N) is 1. The fraction of sp³-hybridized carbons (Fsp3) is 0.200. The van der Waals surface area contributed by atoms with Gasteiger partial charge in [0.15, 0.2) is 0 Å². The highest BCUT2D eigenvalue weighted by atomic mass is 16.5. The predicted molar refractivity (Wildman–Crippen MR) is 122 cm³/mol. The van der Waals surface area contributed by atoms with E-state index >= 15 is 0 Å². The zero-order chi connectivity index (χ0) is 22.3. The summed E-state index contributed by atoms with van der Waals surface area (Å²) in [5.74, 6) is 0.899. The van der Waals surface area contributed by atoms with Crippen molar-refractivity contribution in [1.82, 2.24) is 25.3 Å². The first-order chi connectivity index (χ1) is 15.7. The lowest BCUT2D eigenvalue weighted by molar-refractivity contribution is -0.126. The van der Waals surface area contributed by atoms with Gasteiger partial charge in [-0.15, -0.1) is 0 Å². The third-order valence-corrected chi connectivity index (χ3v) is 5.31. The van der Waals surface area contributed by atoms with Crippen LogP contribution >= 0.6 is 0 Å². The summed E-state index contributed by atoms with van der Waals surface area (Å²) in [7, 11) is 1.95. The molecule has 2 heterocycles. The standard InChI is InChI=1S/C25H25N5O2/c1-3-30(2)22(19-9-5-4-6-10-19)24(31)27-17-18-8-7-11-21(16-18)25-28-23(29-32-25)20-12-14-26-15-13-20/h4-16,22H,3,17H2,1-2H3,(H,27,31). The summed E-state index contributed by atoms with van der Waals surface area (Å²) < 4.78 is 5.45. The number of carbonyl (C=O) groups is 1. The van der Waals surface area contributed by atoms with E-state index in [9.17, 15) is 4.79 Å². The van der Waals surface area contributed by atoms with Crippen LogP contribution in [-0.4, -0.2) is 39.5 Å². The second-order valence-electron chi connectivity index (χ2n) is 7.46. The van der Waals surface area contributed by atoms with E-state index in [0.29, 0.717) is 18.3 Å². The van der Waals surface area contributed by atoms with Crippen molar-refractivity contribution in [2.75, 3.05) is 13.6 Å². The molecule has 4 rings (SSSR count). The van der Waals surface area contributed by atoms with Crippen LogP contribution in [0.4, 0.5) is 0 Å². The van der Waals surface area contributed by atoms with E-state index in [2.05, 4.69) is 20.4 Å². The van der Waals surface area contributed by atoms with Crippen molar-refractivity contribution in [3.63, 3.8) is 0 Å². The third-order valence-electron chi connectivity index (χ3n) is 5.31. The van der Waals surface area contributed by atoms with Gasteiger partial charge >= 0.3 is 0 Å². The Morgan fingerprint density at radius 2 is 1.81 bits per heavy atom. The SMILES string of the molecule is CCN(C)C(C(=O)NCc1cccc(-c2nc(-c3ccncc3)no2)c1)c1ccccc1. The van der Waals surface area contributed by atoms with Gasteiger partial charge in [-0.05, 0) is 49.0 Å². The van der Waals surface area contributed by atoms with Gasteiger partial charge in [-0.1, -0.05) is 54.5 Å². The number of pyridine rings is 1. The molecule has 1 amide bonds. The van der Waals surface area contributed by atoms with Crippen LogP contribution in [0.2, 0.25) is 0 Å². The van der Waals surface area contributed by atoms with E-state index in [0.717, 1.165) is 28.8 Å². The first-order valence-electron chi connectivity index (χ1n) is 10.5. The molecule has 0 spiro atoms. The van der Waals surface area contributed by atoms with Crippen LogP contribution < -0.4 is 5.32 Å². The Balaban J connectivity index is 1.47. The van der Waals surface area contributed by atoms with Crippen LogP contribution in [-0.2, 0) is 11.3 Å². The number of rotatable bonds is 8. The van der Waals surface area contributed by atoms with E-state index < -0.39 is 0 Å². The Kier molecular flexibility index (Phi) is 6.67. The number of likely N-dealkylation sites (N-methyl/N-ethyl adjacent to an activating group) is 1. The van der Waals surface area contributed by atoms with Gasteiger partial charge in [0.05, 0.1) is 0 Å². The van der Waals surface area contributed by atoms with Gasteiger partial charge in [-0.25, -0.2) is 0 Å². The lowest BCUT2D eigenvalue weighted by Gasteiger charge is -2.26. The van der Waals surface area contributed by atoms with Crippen molar-refractivity contribution in [1.29, 1.82) is 0 Å². The lowest BCUT2D eigenvalue weighted by atomic mass is 10.0. The maximum absolute atomic E-state index is 13.0. The van der Waals surface area contributed by atoms with E-state index in [1.807, 2.05) is 85.6 Å². The second kappa shape index (κ2) is 9.98. The van der Waals surface area contributed by atoms with Crippen molar-refractivity contribution in [3.05, 3.63) is 90.3 Å². The summed E-state index contributed by atoms with van der Waals surface area (Å²) in [6.07, 6.45) is 3.38. The molecular weight excluding hydrogens is 402 g/mol. The molecule has 0 saturated carbocycles. The van der Waals surface area contributed by atoms with E-state index in [-0.39, 0.29) is 11.9 Å². The van der Waals surface area contributed by atoms with Crippen LogP contribution in [0, 0.1) is 0 Å². The number of hydrogen-bond donors (Lipinski definition) is 1. The van der Waals surface area contributed by atoms with Crippen molar-refractivity contribution < 1.29 is 9.32 Å². The number of aromatic nitrogens is 3. The molecule has 0 radical (unpaired) electrons. The molecule has 162 valence electrons. The largest absolute Gasteiger partial charge is 0.350 e. The number of hydrogen-bond acceptors (Lipinski definition) is 6. The van der Waals surface area contributed by atoms with Crippen molar-refractivity contribution in [3.8, 4) is 22.8 Å². The highest BCUT2D eigenvalue weighted by Gasteiger charge is 2.23.